The van der Waals surface area contributed by atoms with Crippen LogP contribution in [0.15, 0.2) is 35.1 Å². The summed E-state index contributed by atoms with van der Waals surface area (Å²) in [5.41, 5.74) is 0.819. The minimum atomic E-state index is -1.05. The highest BCUT2D eigenvalue weighted by Crippen LogP contribution is 2.26. The molecule has 0 atom stereocenters. The van der Waals surface area contributed by atoms with Crippen molar-refractivity contribution in [3.05, 3.63) is 45.7 Å². The van der Waals surface area contributed by atoms with Crippen molar-refractivity contribution < 1.29 is 9.90 Å². The Balaban J connectivity index is 2.39. The second kappa shape index (κ2) is 4.81. The lowest BCUT2D eigenvalue weighted by Gasteiger charge is -2.02. The molecule has 0 saturated heterocycles. The van der Waals surface area contributed by atoms with E-state index < -0.39 is 5.97 Å². The molecule has 1 N–H and O–H groups in total. The maximum Gasteiger partial charge on any atom is 0.338 e. The van der Waals surface area contributed by atoms with E-state index in [1.165, 1.54) is 12.4 Å². The van der Waals surface area contributed by atoms with Crippen LogP contribution in [0.2, 0.25) is 5.02 Å². The molecule has 17 heavy (non-hydrogen) atoms. The first-order valence-electron chi connectivity index (χ1n) is 4.58. The van der Waals surface area contributed by atoms with Crippen LogP contribution >= 0.6 is 27.5 Å². The van der Waals surface area contributed by atoms with E-state index in [1.807, 2.05) is 0 Å². The maximum atomic E-state index is 10.6. The zero-order valence-corrected chi connectivity index (χ0v) is 10.7. The molecule has 0 spiro atoms. The average molecular weight is 314 g/mol. The monoisotopic (exact) mass is 312 g/mol. The Morgan fingerprint density at radius 3 is 2.47 bits per heavy atom. The zero-order chi connectivity index (χ0) is 12.4. The smallest absolute Gasteiger partial charge is 0.338 e. The third kappa shape index (κ3) is 2.62. The number of benzene rings is 1. The Morgan fingerprint density at radius 2 is 1.94 bits per heavy atom. The number of hydrogen-bond donors (Lipinski definition) is 1. The Labute approximate surface area is 110 Å². The fourth-order valence-corrected chi connectivity index (χ4v) is 1.72. The van der Waals surface area contributed by atoms with E-state index in [4.69, 9.17) is 16.7 Å². The van der Waals surface area contributed by atoms with Crippen molar-refractivity contribution in [3.8, 4) is 11.4 Å². The van der Waals surface area contributed by atoms with E-state index in [0.717, 1.165) is 10.0 Å². The third-order valence-corrected chi connectivity index (χ3v) is 3.29. The van der Waals surface area contributed by atoms with Crippen molar-refractivity contribution in [2.45, 2.75) is 0 Å². The van der Waals surface area contributed by atoms with Gasteiger partial charge in [-0.1, -0.05) is 11.6 Å². The fourth-order valence-electron chi connectivity index (χ4n) is 1.22. The number of aromatic carboxylic acids is 1. The van der Waals surface area contributed by atoms with E-state index in [-0.39, 0.29) is 5.56 Å². The van der Waals surface area contributed by atoms with Crippen molar-refractivity contribution in [2.75, 3.05) is 0 Å². The molecule has 0 saturated carbocycles. The van der Waals surface area contributed by atoms with Crippen LogP contribution in [0.4, 0.5) is 0 Å². The Bertz CT molecular complexity index is 572. The fraction of sp³-hybridized carbons (Fsp3) is 0. The van der Waals surface area contributed by atoms with Crippen LogP contribution in [0.25, 0.3) is 11.4 Å². The average Bonchev–Trinajstić information content (AvgIpc) is 2.33. The largest absolute Gasteiger partial charge is 0.478 e. The predicted octanol–water partition coefficient (Wildman–Crippen LogP) is 3.26. The van der Waals surface area contributed by atoms with Crippen LogP contribution in [0.3, 0.4) is 0 Å². The molecule has 4 nitrogen and oxygen atoms in total. The van der Waals surface area contributed by atoms with Gasteiger partial charge in [-0.25, -0.2) is 14.8 Å². The number of aromatic nitrogens is 2. The van der Waals surface area contributed by atoms with Gasteiger partial charge in [-0.2, -0.15) is 0 Å². The summed E-state index contributed by atoms with van der Waals surface area (Å²) < 4.78 is 0.738. The van der Waals surface area contributed by atoms with Gasteiger partial charge in [0.25, 0.3) is 0 Å². The molecule has 0 aliphatic heterocycles. The molecule has 6 heteroatoms. The number of rotatable bonds is 2. The summed E-state index contributed by atoms with van der Waals surface area (Å²) in [7, 11) is 0. The molecular weight excluding hydrogens is 307 g/mol. The normalized spacial score (nSPS) is 10.2. The van der Waals surface area contributed by atoms with Crippen molar-refractivity contribution in [1.29, 1.82) is 0 Å². The minimum Gasteiger partial charge on any atom is -0.478 e. The molecule has 0 aliphatic rings. The van der Waals surface area contributed by atoms with Gasteiger partial charge in [-0.05, 0) is 34.1 Å². The number of nitrogens with zero attached hydrogens (tertiary/aromatic N) is 2. The van der Waals surface area contributed by atoms with E-state index >= 15 is 0 Å². The van der Waals surface area contributed by atoms with E-state index in [2.05, 4.69) is 25.9 Å². The lowest BCUT2D eigenvalue weighted by molar-refractivity contribution is 0.0696. The topological polar surface area (TPSA) is 63.1 Å². The van der Waals surface area contributed by atoms with Gasteiger partial charge >= 0.3 is 5.97 Å². The lowest BCUT2D eigenvalue weighted by atomic mass is 10.2. The van der Waals surface area contributed by atoms with Gasteiger partial charge in [0.2, 0.25) is 0 Å². The predicted molar refractivity (Wildman–Crippen MR) is 67.1 cm³/mol. The highest BCUT2D eigenvalue weighted by molar-refractivity contribution is 9.10. The lowest BCUT2D eigenvalue weighted by Crippen LogP contribution is -1.99. The van der Waals surface area contributed by atoms with Crippen LogP contribution in [-0.4, -0.2) is 21.0 Å². The van der Waals surface area contributed by atoms with Crippen LogP contribution in [-0.2, 0) is 0 Å². The number of hydrogen-bond acceptors (Lipinski definition) is 3. The molecule has 2 rings (SSSR count). The Kier molecular flexibility index (Phi) is 3.40. The highest BCUT2D eigenvalue weighted by atomic mass is 79.9. The molecule has 1 aromatic carbocycles. The minimum absolute atomic E-state index is 0.0572. The third-order valence-electron chi connectivity index (χ3n) is 2.08. The molecule has 0 unspecified atom stereocenters. The van der Waals surface area contributed by atoms with Gasteiger partial charge in [0.05, 0.1) is 10.6 Å². The number of carboxylic acid groups (broad SMARTS) is 1. The first-order chi connectivity index (χ1) is 8.08. The summed E-state index contributed by atoms with van der Waals surface area (Å²) in [6, 6.07) is 5.26. The Hall–Kier alpha value is -1.46. The van der Waals surface area contributed by atoms with Gasteiger partial charge in [-0.3, -0.25) is 0 Å². The quantitative estimate of drug-likeness (QED) is 0.924. The van der Waals surface area contributed by atoms with E-state index in [9.17, 15) is 4.79 Å². The summed E-state index contributed by atoms with van der Waals surface area (Å²) in [5.74, 6) is -0.596. The molecule has 1 heterocycles. The van der Waals surface area contributed by atoms with Crippen LogP contribution < -0.4 is 0 Å². The van der Waals surface area contributed by atoms with Crippen LogP contribution in [0.1, 0.15) is 10.4 Å². The van der Waals surface area contributed by atoms with Gasteiger partial charge < -0.3 is 5.11 Å². The van der Waals surface area contributed by atoms with Crippen molar-refractivity contribution >= 4 is 33.5 Å². The molecule has 86 valence electrons. The summed E-state index contributed by atoms with van der Waals surface area (Å²) in [6.45, 7) is 0. The van der Waals surface area contributed by atoms with Gasteiger partial charge in [0, 0.05) is 22.4 Å². The highest BCUT2D eigenvalue weighted by Gasteiger charge is 2.07. The first-order valence-corrected chi connectivity index (χ1v) is 5.76. The molecule has 2 aromatic rings. The summed E-state index contributed by atoms with van der Waals surface area (Å²) >= 11 is 9.17. The molecular formula is C11H6BrClN2O2. The SMILES string of the molecule is O=C(O)c1cnc(-c2ccc(Cl)c(Br)c2)nc1. The molecule has 0 radical (unpaired) electrons. The summed E-state index contributed by atoms with van der Waals surface area (Å²) in [4.78, 5) is 18.6. The second-order valence-electron chi connectivity index (χ2n) is 3.23. The molecule has 0 bridgehead atoms. The molecule has 1 aromatic heterocycles. The van der Waals surface area contributed by atoms with Crippen molar-refractivity contribution in [3.63, 3.8) is 0 Å². The van der Waals surface area contributed by atoms with E-state index in [1.54, 1.807) is 18.2 Å². The summed E-state index contributed by atoms with van der Waals surface area (Å²) in [5, 5.41) is 9.32. The van der Waals surface area contributed by atoms with Gasteiger partial charge in [0.15, 0.2) is 5.82 Å². The van der Waals surface area contributed by atoms with Crippen LogP contribution in [0, 0.1) is 0 Å². The maximum absolute atomic E-state index is 10.6. The standard InChI is InChI=1S/C11H6BrClN2O2/c12-8-3-6(1-2-9(8)13)10-14-4-7(5-15-10)11(16)17/h1-5H,(H,16,17). The van der Waals surface area contributed by atoms with Gasteiger partial charge in [0.1, 0.15) is 0 Å². The zero-order valence-electron chi connectivity index (χ0n) is 8.39. The van der Waals surface area contributed by atoms with Crippen LogP contribution in [0.5, 0.6) is 0 Å². The summed E-state index contributed by atoms with van der Waals surface area (Å²) in [6.07, 6.45) is 2.54. The first kappa shape index (κ1) is 12.0. The van der Waals surface area contributed by atoms with Crippen molar-refractivity contribution in [2.24, 2.45) is 0 Å². The molecule has 0 aliphatic carbocycles. The van der Waals surface area contributed by atoms with E-state index in [0.29, 0.717) is 10.8 Å². The van der Waals surface area contributed by atoms with Crippen molar-refractivity contribution in [1.82, 2.24) is 9.97 Å². The van der Waals surface area contributed by atoms with Gasteiger partial charge in [-0.15, -0.1) is 0 Å². The Morgan fingerprint density at radius 1 is 1.29 bits per heavy atom. The number of carboxylic acids is 1. The molecule has 0 fully saturated rings. The number of halogens is 2. The number of carbonyl (C=O) groups is 1. The molecule has 0 amide bonds. The second-order valence-corrected chi connectivity index (χ2v) is 4.49.